The van der Waals surface area contributed by atoms with Gasteiger partial charge in [-0.2, -0.15) is 0 Å². The van der Waals surface area contributed by atoms with Gasteiger partial charge >= 0.3 is 0 Å². The van der Waals surface area contributed by atoms with Gasteiger partial charge in [0, 0.05) is 16.6 Å². The molecule has 1 aromatic rings. The molecule has 0 radical (unpaired) electrons. The smallest absolute Gasteiger partial charge is 0.0346 e. The van der Waals surface area contributed by atoms with Gasteiger partial charge in [0.1, 0.15) is 0 Å². The molecule has 15 heavy (non-hydrogen) atoms. The molecule has 1 unspecified atom stereocenters. The fourth-order valence-electron chi connectivity index (χ4n) is 1.73. The Morgan fingerprint density at radius 3 is 2.47 bits per heavy atom. The van der Waals surface area contributed by atoms with E-state index in [0.29, 0.717) is 0 Å². The molecule has 0 saturated heterocycles. The van der Waals surface area contributed by atoms with Crippen LogP contribution in [0.1, 0.15) is 36.5 Å². The van der Waals surface area contributed by atoms with Crippen LogP contribution < -0.4 is 5.73 Å². The highest BCUT2D eigenvalue weighted by Crippen LogP contribution is 2.31. The quantitative estimate of drug-likeness (QED) is 0.750. The fourth-order valence-corrected chi connectivity index (χ4v) is 1.84. The van der Waals surface area contributed by atoms with Crippen LogP contribution in [0.25, 0.3) is 0 Å². The van der Waals surface area contributed by atoms with Crippen LogP contribution in [-0.2, 0) is 0 Å². The summed E-state index contributed by atoms with van der Waals surface area (Å²) in [6, 6.07) is 4.14. The molecule has 1 aromatic carbocycles. The predicted molar refractivity (Wildman–Crippen MR) is 68.4 cm³/mol. The molecule has 0 aromatic heterocycles. The molecule has 2 heteroatoms. The van der Waals surface area contributed by atoms with Gasteiger partial charge < -0.3 is 5.73 Å². The minimum Gasteiger partial charge on any atom is -0.399 e. The van der Waals surface area contributed by atoms with E-state index in [1.165, 1.54) is 11.1 Å². The predicted octanol–water partition coefficient (Wildman–Crippen LogP) is 4.13. The average molecular weight is 224 g/mol. The van der Waals surface area contributed by atoms with Crippen molar-refractivity contribution in [3.05, 3.63) is 39.9 Å². The van der Waals surface area contributed by atoms with Crippen LogP contribution in [0.5, 0.6) is 0 Å². The fraction of sp³-hybridized carbons (Fsp3) is 0.385. The maximum atomic E-state index is 6.14. The highest BCUT2D eigenvalue weighted by molar-refractivity contribution is 6.30. The maximum Gasteiger partial charge on any atom is 0.0346 e. The van der Waals surface area contributed by atoms with Gasteiger partial charge in [0.05, 0.1) is 0 Å². The number of aryl methyl sites for hydroxylation is 2. The Morgan fingerprint density at radius 2 is 1.93 bits per heavy atom. The first-order chi connectivity index (χ1) is 6.97. The van der Waals surface area contributed by atoms with E-state index in [-0.39, 0.29) is 5.92 Å². The Morgan fingerprint density at radius 1 is 1.33 bits per heavy atom. The zero-order valence-corrected chi connectivity index (χ0v) is 10.5. The molecule has 1 atom stereocenters. The number of nitrogens with two attached hydrogens (primary N) is 1. The van der Waals surface area contributed by atoms with E-state index in [4.69, 9.17) is 17.3 Å². The highest BCUT2D eigenvalue weighted by Gasteiger charge is 2.12. The third-order valence-corrected chi connectivity index (χ3v) is 3.36. The Balaban J connectivity index is 3.20. The summed E-state index contributed by atoms with van der Waals surface area (Å²) in [5, 5.41) is 0.877. The van der Waals surface area contributed by atoms with Gasteiger partial charge in [-0.25, -0.2) is 0 Å². The van der Waals surface area contributed by atoms with Gasteiger partial charge in [0.2, 0.25) is 0 Å². The molecule has 0 saturated carbocycles. The molecule has 0 aliphatic carbocycles. The number of allylic oxidation sites excluding steroid dienone is 2. The van der Waals surface area contributed by atoms with Crippen molar-refractivity contribution in [2.45, 2.75) is 33.6 Å². The van der Waals surface area contributed by atoms with Crippen molar-refractivity contribution in [3.8, 4) is 0 Å². The number of nitrogen functional groups attached to an aromatic ring is 1. The lowest BCUT2D eigenvalue weighted by atomic mass is 9.93. The summed E-state index contributed by atoms with van der Waals surface area (Å²) in [4.78, 5) is 0. The van der Waals surface area contributed by atoms with Crippen molar-refractivity contribution >= 4 is 17.3 Å². The summed E-state index contributed by atoms with van der Waals surface area (Å²) < 4.78 is 0. The van der Waals surface area contributed by atoms with E-state index in [9.17, 15) is 0 Å². The van der Waals surface area contributed by atoms with Gasteiger partial charge in [0.25, 0.3) is 0 Å². The first-order valence-corrected chi connectivity index (χ1v) is 5.53. The van der Waals surface area contributed by atoms with E-state index in [1.54, 1.807) is 0 Å². The number of halogens is 1. The number of benzene rings is 1. The van der Waals surface area contributed by atoms with Crippen molar-refractivity contribution in [2.75, 3.05) is 5.73 Å². The SMILES string of the molecule is CC=C(Cl)C(C)c1cc(C)c(N)cc1C. The third-order valence-electron chi connectivity index (χ3n) is 2.81. The molecular weight excluding hydrogens is 206 g/mol. The molecule has 0 amide bonds. The van der Waals surface area contributed by atoms with Crippen molar-refractivity contribution < 1.29 is 0 Å². The second-order valence-electron chi connectivity index (χ2n) is 3.96. The second kappa shape index (κ2) is 4.71. The van der Waals surface area contributed by atoms with Crippen molar-refractivity contribution in [1.82, 2.24) is 0 Å². The molecule has 0 bridgehead atoms. The van der Waals surface area contributed by atoms with Crippen LogP contribution >= 0.6 is 11.6 Å². The standard InChI is InChI=1S/C13H18ClN/c1-5-12(14)10(4)11-6-9(3)13(15)7-8(11)2/h5-7,10H,15H2,1-4H3. The first kappa shape index (κ1) is 12.1. The lowest BCUT2D eigenvalue weighted by molar-refractivity contribution is 0.928. The Labute approximate surface area is 96.9 Å². The average Bonchev–Trinajstić information content (AvgIpc) is 2.21. The summed E-state index contributed by atoms with van der Waals surface area (Å²) in [5.41, 5.74) is 10.3. The number of hydrogen-bond donors (Lipinski definition) is 1. The molecule has 1 nitrogen and oxygen atoms in total. The van der Waals surface area contributed by atoms with Crippen LogP contribution in [0, 0.1) is 13.8 Å². The van der Waals surface area contributed by atoms with Gasteiger partial charge in [-0.05, 0) is 43.5 Å². The van der Waals surface area contributed by atoms with Crippen LogP contribution in [0.4, 0.5) is 5.69 Å². The van der Waals surface area contributed by atoms with E-state index in [0.717, 1.165) is 16.3 Å². The largest absolute Gasteiger partial charge is 0.399 e. The minimum atomic E-state index is 0.246. The summed E-state index contributed by atoms with van der Waals surface area (Å²) >= 11 is 6.14. The maximum absolute atomic E-state index is 6.14. The zero-order valence-electron chi connectivity index (χ0n) is 9.76. The number of rotatable bonds is 2. The number of hydrogen-bond acceptors (Lipinski definition) is 1. The molecule has 2 N–H and O–H groups in total. The molecule has 1 rings (SSSR count). The molecule has 0 heterocycles. The van der Waals surface area contributed by atoms with E-state index >= 15 is 0 Å². The zero-order chi connectivity index (χ0) is 11.6. The normalized spacial score (nSPS) is 14.1. The van der Waals surface area contributed by atoms with E-state index in [1.807, 2.05) is 26.0 Å². The Hall–Kier alpha value is -0.950. The summed E-state index contributed by atoms with van der Waals surface area (Å²) in [5.74, 6) is 0.246. The topological polar surface area (TPSA) is 26.0 Å². The van der Waals surface area contributed by atoms with Crippen LogP contribution in [0.15, 0.2) is 23.2 Å². The lowest BCUT2D eigenvalue weighted by Gasteiger charge is -2.16. The van der Waals surface area contributed by atoms with Gasteiger partial charge in [0.15, 0.2) is 0 Å². The number of anilines is 1. The molecule has 0 fully saturated rings. The van der Waals surface area contributed by atoms with E-state index in [2.05, 4.69) is 19.9 Å². The van der Waals surface area contributed by atoms with E-state index < -0.39 is 0 Å². The van der Waals surface area contributed by atoms with Crippen LogP contribution in [0.3, 0.4) is 0 Å². The molecule has 82 valence electrons. The molecule has 0 aliphatic rings. The molecular formula is C13H18ClN. The van der Waals surface area contributed by atoms with Crippen molar-refractivity contribution in [1.29, 1.82) is 0 Å². The van der Waals surface area contributed by atoms with Gasteiger partial charge in [-0.1, -0.05) is 30.7 Å². The second-order valence-corrected chi connectivity index (χ2v) is 4.40. The summed E-state index contributed by atoms with van der Waals surface area (Å²) in [7, 11) is 0. The Kier molecular flexibility index (Phi) is 3.81. The summed E-state index contributed by atoms with van der Waals surface area (Å²) in [6.45, 7) is 8.16. The third kappa shape index (κ3) is 2.54. The molecule has 0 spiro atoms. The highest BCUT2D eigenvalue weighted by atomic mass is 35.5. The van der Waals surface area contributed by atoms with Crippen LogP contribution in [-0.4, -0.2) is 0 Å². The van der Waals surface area contributed by atoms with Crippen LogP contribution in [0.2, 0.25) is 0 Å². The van der Waals surface area contributed by atoms with Crippen molar-refractivity contribution in [2.24, 2.45) is 0 Å². The monoisotopic (exact) mass is 223 g/mol. The molecule has 0 aliphatic heterocycles. The first-order valence-electron chi connectivity index (χ1n) is 5.15. The summed E-state index contributed by atoms with van der Waals surface area (Å²) in [6.07, 6.45) is 1.94. The Bertz CT molecular complexity index is 394. The lowest BCUT2D eigenvalue weighted by Crippen LogP contribution is -2.00. The van der Waals surface area contributed by atoms with Gasteiger partial charge in [-0.15, -0.1) is 0 Å². The van der Waals surface area contributed by atoms with Crippen molar-refractivity contribution in [3.63, 3.8) is 0 Å². The minimum absolute atomic E-state index is 0.246. The van der Waals surface area contributed by atoms with Gasteiger partial charge in [-0.3, -0.25) is 0 Å².